The molecule has 0 radical (unpaired) electrons. The number of nitrogens with two attached hydrogens (primary N) is 1. The third kappa shape index (κ3) is 18.2. The van der Waals surface area contributed by atoms with Gasteiger partial charge >= 0.3 is 6.09 Å². The van der Waals surface area contributed by atoms with Crippen molar-refractivity contribution in [2.45, 2.75) is 47.3 Å². The molecule has 1 aliphatic heterocycles. The van der Waals surface area contributed by atoms with Gasteiger partial charge in [0.1, 0.15) is 11.9 Å². The molecule has 1 saturated heterocycles. The second kappa shape index (κ2) is 27.2. The molecule has 1 atom stereocenters. The highest BCUT2D eigenvalue weighted by molar-refractivity contribution is 9.10. The first-order valence-electron chi connectivity index (χ1n) is 21.2. The van der Waals surface area contributed by atoms with Gasteiger partial charge in [-0.25, -0.2) is 43.9 Å². The SMILES string of the molecule is CC(=O)NC[C@H]1CN(c2ccc(-c3ccc(S(=O)(=O)NCc4ccncc4)cc3)c(F)c2)C(=O)O1.NCc1ccncc1.O=S(=O)(Cl)c1ccc(Br)cc1.O=S(=O)(NCc1ccncc1)c1ccc(Br)cc1. The number of cyclic esters (lactones) is 1. The van der Waals surface area contributed by atoms with Crippen LogP contribution in [0.5, 0.6) is 0 Å². The predicted octanol–water partition coefficient (Wildman–Crippen LogP) is 8.07. The van der Waals surface area contributed by atoms with Gasteiger partial charge in [-0.05, 0) is 138 Å². The van der Waals surface area contributed by atoms with E-state index in [9.17, 15) is 39.2 Å². The van der Waals surface area contributed by atoms with E-state index in [4.69, 9.17) is 21.2 Å². The van der Waals surface area contributed by atoms with Crippen LogP contribution >= 0.6 is 42.5 Å². The Labute approximate surface area is 438 Å². The van der Waals surface area contributed by atoms with Crippen LogP contribution in [0.2, 0.25) is 0 Å². The van der Waals surface area contributed by atoms with Gasteiger partial charge in [0, 0.05) is 88.9 Å². The van der Waals surface area contributed by atoms with Crippen molar-refractivity contribution in [3.63, 3.8) is 0 Å². The number of anilines is 1. The van der Waals surface area contributed by atoms with Crippen LogP contribution in [0.15, 0.2) is 188 Å². The quantitative estimate of drug-likeness (QED) is 0.0753. The van der Waals surface area contributed by atoms with Crippen molar-refractivity contribution >= 4 is 89.3 Å². The maximum atomic E-state index is 14.9. The summed E-state index contributed by atoms with van der Waals surface area (Å²) in [6.07, 6.45) is 8.73. The van der Waals surface area contributed by atoms with Crippen LogP contribution in [-0.4, -0.2) is 71.4 Å². The second-order valence-corrected chi connectivity index (χ2v) is 22.9. The molecule has 2 amide bonds. The first kappa shape index (κ1) is 56.9. The van der Waals surface area contributed by atoms with E-state index in [-0.39, 0.29) is 52.3 Å². The Morgan fingerprint density at radius 2 is 1.11 bits per heavy atom. The molecule has 0 unspecified atom stereocenters. The summed E-state index contributed by atoms with van der Waals surface area (Å²) in [6, 6.07) is 33.6. The number of ether oxygens (including phenoxy) is 1. The number of carbonyl (C=O) groups excluding carboxylic acids is 2. The summed E-state index contributed by atoms with van der Waals surface area (Å²) in [5, 5.41) is 2.59. The van der Waals surface area contributed by atoms with E-state index in [0.717, 1.165) is 25.6 Å². The number of benzene rings is 4. The fraction of sp³-hybridized carbons (Fsp3) is 0.146. The molecule has 0 aliphatic carbocycles. The normalized spacial score (nSPS) is 13.2. The van der Waals surface area contributed by atoms with Gasteiger partial charge in [-0.2, -0.15) is 0 Å². The Hall–Kier alpha value is -6.02. The van der Waals surface area contributed by atoms with Crippen LogP contribution in [0.4, 0.5) is 14.9 Å². The number of rotatable bonds is 14. The van der Waals surface area contributed by atoms with Gasteiger partial charge in [-0.1, -0.05) is 44.0 Å². The molecule has 5 N–H and O–H groups in total. The van der Waals surface area contributed by atoms with Crippen LogP contribution in [-0.2, 0) is 58.3 Å². The molecule has 1 fully saturated rings. The highest BCUT2D eigenvalue weighted by atomic mass is 79.9. The monoisotopic (exact) mass is 1190 g/mol. The number of sulfonamides is 2. The number of hydrogen-bond donors (Lipinski definition) is 4. The van der Waals surface area contributed by atoms with Crippen molar-refractivity contribution in [3.05, 3.63) is 196 Å². The van der Waals surface area contributed by atoms with Crippen LogP contribution in [0.3, 0.4) is 0 Å². The Bertz CT molecular complexity index is 3220. The standard InChI is InChI=1S/C24H23FN4O5S.C12H11BrN2O2S.C6H4BrClO2S.C6H8N2/c1-16(30)27-14-20-15-29(24(31)34-20)19-4-7-22(23(25)12-19)18-2-5-21(6-3-18)35(32,33)28-13-17-8-10-26-11-9-17;13-11-1-3-12(4-2-11)18(16,17)15-9-10-5-7-14-8-6-10;7-5-1-3-6(4-2-5)11(8,9)10;7-5-6-1-3-8-4-2-6/h2-12,20,28H,13-15H2,1H3,(H,27,30);1-8,15H,9H2;1-4H;1-4H,5,7H2/t20-;;;/m0.../s1. The summed E-state index contributed by atoms with van der Waals surface area (Å²) in [6.45, 7) is 2.68. The molecule has 0 bridgehead atoms. The lowest BCUT2D eigenvalue weighted by atomic mass is 10.0. The fourth-order valence-electron chi connectivity index (χ4n) is 6.07. The smallest absolute Gasteiger partial charge is 0.414 e. The minimum atomic E-state index is -3.76. The molecule has 8 rings (SSSR count). The van der Waals surface area contributed by atoms with Crippen molar-refractivity contribution in [1.29, 1.82) is 0 Å². The maximum Gasteiger partial charge on any atom is 0.414 e. The van der Waals surface area contributed by atoms with Gasteiger partial charge in [0.2, 0.25) is 26.0 Å². The van der Waals surface area contributed by atoms with Crippen LogP contribution in [0, 0.1) is 5.82 Å². The lowest BCUT2D eigenvalue weighted by Gasteiger charge is -2.15. The Morgan fingerprint density at radius 3 is 1.51 bits per heavy atom. The minimum absolute atomic E-state index is 0.0531. The van der Waals surface area contributed by atoms with E-state index in [1.807, 2.05) is 12.1 Å². The molecule has 17 nitrogen and oxygen atoms in total. The Kier molecular flexibility index (Phi) is 21.5. The minimum Gasteiger partial charge on any atom is -0.442 e. The Balaban J connectivity index is 0.000000213. The molecule has 0 saturated carbocycles. The summed E-state index contributed by atoms with van der Waals surface area (Å²) in [5.74, 6) is -0.815. The maximum absolute atomic E-state index is 14.9. The number of amides is 2. The number of nitrogens with one attached hydrogen (secondary N) is 3. The summed E-state index contributed by atoms with van der Waals surface area (Å²) < 4.78 is 97.4. The molecular weight excluding hydrogens is 1140 g/mol. The molecule has 72 heavy (non-hydrogen) atoms. The van der Waals surface area contributed by atoms with Gasteiger partial charge in [-0.3, -0.25) is 24.6 Å². The molecular formula is C48H46Br2ClFN8O9S3. The first-order chi connectivity index (χ1) is 34.2. The van der Waals surface area contributed by atoms with Crippen molar-refractivity contribution in [2.75, 3.05) is 18.0 Å². The summed E-state index contributed by atoms with van der Waals surface area (Å²) >= 11 is 6.44. The van der Waals surface area contributed by atoms with Gasteiger partial charge < -0.3 is 15.8 Å². The fourth-order valence-corrected chi connectivity index (χ4v) is 9.40. The zero-order valence-corrected chi connectivity index (χ0v) is 44.4. The molecule has 4 aromatic carbocycles. The van der Waals surface area contributed by atoms with Crippen LogP contribution < -0.4 is 25.4 Å². The average Bonchev–Trinajstić information content (AvgIpc) is 3.76. The predicted molar refractivity (Wildman–Crippen MR) is 278 cm³/mol. The third-order valence-electron chi connectivity index (χ3n) is 9.83. The van der Waals surface area contributed by atoms with Crippen molar-refractivity contribution < 1.29 is 44.0 Å². The van der Waals surface area contributed by atoms with Crippen molar-refractivity contribution in [1.82, 2.24) is 29.7 Å². The Morgan fingerprint density at radius 1 is 0.681 bits per heavy atom. The van der Waals surface area contributed by atoms with E-state index in [2.05, 4.69) is 61.6 Å². The summed E-state index contributed by atoms with van der Waals surface area (Å²) in [4.78, 5) is 36.6. The second-order valence-electron chi connectivity index (χ2n) is 15.0. The molecule has 378 valence electrons. The zero-order valence-electron chi connectivity index (χ0n) is 38.0. The number of pyridine rings is 3. The van der Waals surface area contributed by atoms with Gasteiger partial charge in [0.05, 0.1) is 33.5 Å². The lowest BCUT2D eigenvalue weighted by Crippen LogP contribution is -2.33. The van der Waals surface area contributed by atoms with Crippen LogP contribution in [0.1, 0.15) is 23.6 Å². The number of nitrogens with zero attached hydrogens (tertiary/aromatic N) is 4. The van der Waals surface area contributed by atoms with Crippen LogP contribution in [0.25, 0.3) is 11.1 Å². The number of carbonyl (C=O) groups is 2. The molecule has 24 heteroatoms. The highest BCUT2D eigenvalue weighted by Gasteiger charge is 2.33. The molecule has 7 aromatic rings. The van der Waals surface area contributed by atoms with Gasteiger partial charge in [0.25, 0.3) is 9.05 Å². The first-order valence-corrected chi connectivity index (χ1v) is 28.0. The highest BCUT2D eigenvalue weighted by Crippen LogP contribution is 2.30. The molecule has 3 aromatic heterocycles. The average molecular weight is 1190 g/mol. The van der Waals surface area contributed by atoms with Gasteiger partial charge in [-0.15, -0.1) is 0 Å². The van der Waals surface area contributed by atoms with Gasteiger partial charge in [0.15, 0.2) is 0 Å². The molecule has 4 heterocycles. The number of hydrogen-bond acceptors (Lipinski definition) is 13. The zero-order chi connectivity index (χ0) is 52.3. The van der Waals surface area contributed by atoms with Crippen molar-refractivity contribution in [3.8, 4) is 11.1 Å². The number of halogens is 4. The van der Waals surface area contributed by atoms with Crippen molar-refractivity contribution in [2.24, 2.45) is 5.73 Å². The van der Waals surface area contributed by atoms with E-state index < -0.39 is 47.1 Å². The summed E-state index contributed by atoms with van der Waals surface area (Å²) in [5.41, 5.74) is 9.14. The molecule has 0 spiro atoms. The molecule has 1 aliphatic rings. The van der Waals surface area contributed by atoms with E-state index in [1.165, 1.54) is 60.4 Å². The summed E-state index contributed by atoms with van der Waals surface area (Å²) in [7, 11) is -5.72. The third-order valence-corrected chi connectivity index (χ3v) is 15.1. The lowest BCUT2D eigenvalue weighted by molar-refractivity contribution is -0.119. The van der Waals surface area contributed by atoms with E-state index >= 15 is 0 Å². The number of aromatic nitrogens is 3. The topological polar surface area (TPSA) is 250 Å². The van der Waals surface area contributed by atoms with E-state index in [0.29, 0.717) is 17.8 Å². The van der Waals surface area contributed by atoms with E-state index in [1.54, 1.807) is 104 Å². The largest absolute Gasteiger partial charge is 0.442 e.